The van der Waals surface area contributed by atoms with E-state index in [2.05, 4.69) is 0 Å². The van der Waals surface area contributed by atoms with Crippen molar-refractivity contribution in [1.82, 2.24) is 4.90 Å². The first-order valence-electron chi connectivity index (χ1n) is 9.17. The Morgan fingerprint density at radius 1 is 1.00 bits per heavy atom. The van der Waals surface area contributed by atoms with E-state index in [0.717, 1.165) is 6.07 Å². The SMILES string of the molecule is CC(C)N(C(=O)[C@@H](c1ccccc1)c1cc(C(F)(F)F)ccc1[N+](=O)[O-])C(C)C. The normalized spacial score (nSPS) is 12.9. The summed E-state index contributed by atoms with van der Waals surface area (Å²) in [6, 6.07) is 9.89. The van der Waals surface area contributed by atoms with Crippen LogP contribution in [-0.4, -0.2) is 27.8 Å². The largest absolute Gasteiger partial charge is 0.416 e. The number of rotatable bonds is 6. The predicted molar refractivity (Wildman–Crippen MR) is 104 cm³/mol. The van der Waals surface area contributed by atoms with Crippen LogP contribution >= 0.6 is 0 Å². The average molecular weight is 408 g/mol. The smallest absolute Gasteiger partial charge is 0.337 e. The van der Waals surface area contributed by atoms with Crippen molar-refractivity contribution in [3.8, 4) is 0 Å². The van der Waals surface area contributed by atoms with Gasteiger partial charge in [0.15, 0.2) is 0 Å². The summed E-state index contributed by atoms with van der Waals surface area (Å²) in [5.74, 6) is -1.72. The van der Waals surface area contributed by atoms with Crippen LogP contribution in [-0.2, 0) is 11.0 Å². The molecular weight excluding hydrogens is 385 g/mol. The lowest BCUT2D eigenvalue weighted by Crippen LogP contribution is -2.45. The van der Waals surface area contributed by atoms with E-state index in [-0.39, 0.29) is 17.6 Å². The number of hydrogen-bond donors (Lipinski definition) is 0. The van der Waals surface area contributed by atoms with Crippen LogP contribution in [0.2, 0.25) is 0 Å². The first-order chi connectivity index (χ1) is 13.4. The maximum atomic E-state index is 13.5. The second kappa shape index (κ2) is 8.63. The first-order valence-corrected chi connectivity index (χ1v) is 9.17. The quantitative estimate of drug-likeness (QED) is 0.475. The lowest BCUT2D eigenvalue weighted by Gasteiger charge is -2.34. The summed E-state index contributed by atoms with van der Waals surface area (Å²) in [5.41, 5.74) is -1.43. The van der Waals surface area contributed by atoms with Gasteiger partial charge < -0.3 is 4.90 Å². The molecular formula is C21H23F3N2O3. The van der Waals surface area contributed by atoms with Gasteiger partial charge in [-0.15, -0.1) is 0 Å². The van der Waals surface area contributed by atoms with Crippen molar-refractivity contribution in [2.45, 2.75) is 51.9 Å². The van der Waals surface area contributed by atoms with Gasteiger partial charge in [0.1, 0.15) is 0 Å². The van der Waals surface area contributed by atoms with Crippen LogP contribution in [0.5, 0.6) is 0 Å². The molecule has 0 bridgehead atoms. The molecule has 8 heteroatoms. The Hall–Kier alpha value is -2.90. The minimum absolute atomic E-state index is 0.237. The van der Waals surface area contributed by atoms with Crippen molar-refractivity contribution in [3.05, 3.63) is 75.3 Å². The molecule has 0 saturated carbocycles. The zero-order valence-electron chi connectivity index (χ0n) is 16.6. The molecule has 2 aromatic rings. The number of nitro groups is 1. The van der Waals surface area contributed by atoms with Crippen LogP contribution in [0, 0.1) is 10.1 Å². The summed E-state index contributed by atoms with van der Waals surface area (Å²) in [7, 11) is 0. The third kappa shape index (κ3) is 4.93. The Morgan fingerprint density at radius 3 is 2.00 bits per heavy atom. The standard InChI is InChI=1S/C21H23F3N2O3/c1-13(2)25(14(3)4)20(27)19(15-8-6-5-7-9-15)17-12-16(21(22,23)24)10-11-18(17)26(28)29/h5-14,19H,1-4H3/t19-/m0/s1. The highest BCUT2D eigenvalue weighted by Crippen LogP contribution is 2.39. The molecule has 0 unspecified atom stereocenters. The maximum Gasteiger partial charge on any atom is 0.416 e. The lowest BCUT2D eigenvalue weighted by molar-refractivity contribution is -0.385. The third-order valence-electron chi connectivity index (χ3n) is 4.61. The number of nitro benzene ring substituents is 1. The minimum atomic E-state index is -4.69. The molecule has 0 spiro atoms. The summed E-state index contributed by atoms with van der Waals surface area (Å²) in [6.07, 6.45) is -4.69. The number of alkyl halides is 3. The van der Waals surface area contributed by atoms with Gasteiger partial charge in [-0.3, -0.25) is 14.9 Å². The number of carbonyl (C=O) groups is 1. The lowest BCUT2D eigenvalue weighted by atomic mass is 9.87. The van der Waals surface area contributed by atoms with Gasteiger partial charge in [-0.05, 0) is 45.4 Å². The van der Waals surface area contributed by atoms with Gasteiger partial charge in [-0.25, -0.2) is 0 Å². The van der Waals surface area contributed by atoms with Gasteiger partial charge in [0.2, 0.25) is 5.91 Å². The Balaban J connectivity index is 2.79. The molecule has 0 aliphatic heterocycles. The molecule has 5 nitrogen and oxygen atoms in total. The number of amides is 1. The number of nitrogens with zero attached hydrogens (tertiary/aromatic N) is 2. The second-order valence-corrected chi connectivity index (χ2v) is 7.31. The Bertz CT molecular complexity index is 872. The molecule has 1 atom stereocenters. The summed E-state index contributed by atoms with van der Waals surface area (Å²) < 4.78 is 40.0. The third-order valence-corrected chi connectivity index (χ3v) is 4.61. The Labute approximate surface area is 167 Å². The summed E-state index contributed by atoms with van der Waals surface area (Å²) in [5, 5.41) is 11.6. The number of halogens is 3. The van der Waals surface area contributed by atoms with Crippen LogP contribution in [0.3, 0.4) is 0 Å². The molecule has 1 amide bonds. The van der Waals surface area contributed by atoms with E-state index < -0.39 is 34.2 Å². The molecule has 156 valence electrons. The number of hydrogen-bond acceptors (Lipinski definition) is 3. The van der Waals surface area contributed by atoms with E-state index in [1.807, 2.05) is 0 Å². The fraction of sp³-hybridized carbons (Fsp3) is 0.381. The topological polar surface area (TPSA) is 63.5 Å². The van der Waals surface area contributed by atoms with E-state index in [4.69, 9.17) is 0 Å². The minimum Gasteiger partial charge on any atom is -0.337 e. The van der Waals surface area contributed by atoms with E-state index in [1.165, 1.54) is 4.90 Å². The predicted octanol–water partition coefficient (Wildman–Crippen LogP) is 5.39. The van der Waals surface area contributed by atoms with Crippen LogP contribution in [0.15, 0.2) is 48.5 Å². The van der Waals surface area contributed by atoms with Gasteiger partial charge >= 0.3 is 6.18 Å². The van der Waals surface area contributed by atoms with Gasteiger partial charge in [0, 0.05) is 23.7 Å². The summed E-state index contributed by atoms with van der Waals surface area (Å²) in [4.78, 5) is 25.8. The Morgan fingerprint density at radius 2 is 1.55 bits per heavy atom. The average Bonchev–Trinajstić information content (AvgIpc) is 2.61. The van der Waals surface area contributed by atoms with Crippen molar-refractivity contribution in [1.29, 1.82) is 0 Å². The van der Waals surface area contributed by atoms with E-state index >= 15 is 0 Å². The monoisotopic (exact) mass is 408 g/mol. The van der Waals surface area contributed by atoms with Crippen LogP contribution in [0.25, 0.3) is 0 Å². The second-order valence-electron chi connectivity index (χ2n) is 7.31. The molecule has 0 radical (unpaired) electrons. The van der Waals surface area contributed by atoms with E-state index in [1.54, 1.807) is 58.0 Å². The highest BCUT2D eigenvalue weighted by Gasteiger charge is 2.38. The molecule has 2 rings (SSSR count). The van der Waals surface area contributed by atoms with Crippen molar-refractivity contribution < 1.29 is 22.9 Å². The molecule has 29 heavy (non-hydrogen) atoms. The molecule has 0 N–H and O–H groups in total. The van der Waals surface area contributed by atoms with Gasteiger partial charge in [-0.1, -0.05) is 30.3 Å². The Kier molecular flexibility index (Phi) is 6.66. The molecule has 2 aromatic carbocycles. The van der Waals surface area contributed by atoms with Crippen molar-refractivity contribution in [2.24, 2.45) is 0 Å². The summed E-state index contributed by atoms with van der Waals surface area (Å²) >= 11 is 0. The van der Waals surface area contributed by atoms with Crippen LogP contribution in [0.1, 0.15) is 50.3 Å². The van der Waals surface area contributed by atoms with Gasteiger partial charge in [-0.2, -0.15) is 13.2 Å². The zero-order valence-corrected chi connectivity index (χ0v) is 16.6. The molecule has 0 aliphatic rings. The number of carbonyl (C=O) groups excluding carboxylic acids is 1. The zero-order chi connectivity index (χ0) is 21.9. The summed E-state index contributed by atoms with van der Waals surface area (Å²) in [6.45, 7) is 7.17. The fourth-order valence-electron chi connectivity index (χ4n) is 3.48. The maximum absolute atomic E-state index is 13.5. The molecule has 0 saturated heterocycles. The first kappa shape index (κ1) is 22.4. The van der Waals surface area contributed by atoms with E-state index in [0.29, 0.717) is 17.7 Å². The van der Waals surface area contributed by atoms with E-state index in [9.17, 15) is 28.1 Å². The van der Waals surface area contributed by atoms with Gasteiger partial charge in [0.25, 0.3) is 5.69 Å². The molecule has 0 aromatic heterocycles. The van der Waals surface area contributed by atoms with Gasteiger partial charge in [0.05, 0.1) is 16.4 Å². The number of benzene rings is 2. The van der Waals surface area contributed by atoms with Crippen molar-refractivity contribution >= 4 is 11.6 Å². The molecule has 0 fully saturated rings. The fourth-order valence-corrected chi connectivity index (χ4v) is 3.48. The molecule has 0 heterocycles. The molecule has 0 aliphatic carbocycles. The van der Waals surface area contributed by atoms with Crippen molar-refractivity contribution in [2.75, 3.05) is 0 Å². The van der Waals surface area contributed by atoms with Crippen molar-refractivity contribution in [3.63, 3.8) is 0 Å². The van der Waals surface area contributed by atoms with Crippen LogP contribution < -0.4 is 0 Å². The van der Waals surface area contributed by atoms with Crippen LogP contribution in [0.4, 0.5) is 18.9 Å². The highest BCUT2D eigenvalue weighted by molar-refractivity contribution is 5.89. The highest BCUT2D eigenvalue weighted by atomic mass is 19.4.